The fraction of sp³-hybridized carbons (Fsp3) is 0.308. The third-order valence-corrected chi connectivity index (χ3v) is 2.63. The lowest BCUT2D eigenvalue weighted by Gasteiger charge is -2.10. The largest absolute Gasteiger partial charge is 0.383 e. The lowest BCUT2D eigenvalue weighted by Crippen LogP contribution is -2.34. The molecule has 1 aromatic carbocycles. The molecule has 1 unspecified atom stereocenters. The maximum Gasteiger partial charge on any atom is 0.244 e. The maximum atomic E-state index is 11.5. The van der Waals surface area contributed by atoms with E-state index >= 15 is 0 Å². The van der Waals surface area contributed by atoms with Crippen LogP contribution in [0.4, 0.5) is 0 Å². The van der Waals surface area contributed by atoms with Crippen LogP contribution in [0.25, 0.3) is 6.08 Å². The van der Waals surface area contributed by atoms with Gasteiger partial charge in [-0.15, -0.1) is 0 Å². The molecule has 1 aromatic rings. The number of rotatable bonds is 5. The number of methoxy groups -OCH3 is 1. The van der Waals surface area contributed by atoms with E-state index < -0.39 is 0 Å². The lowest BCUT2D eigenvalue weighted by atomic mass is 10.2. The first-order valence-electron chi connectivity index (χ1n) is 5.35. The van der Waals surface area contributed by atoms with Crippen LogP contribution in [0.15, 0.2) is 34.8 Å². The van der Waals surface area contributed by atoms with E-state index in [0.29, 0.717) is 6.61 Å². The first-order chi connectivity index (χ1) is 8.11. The van der Waals surface area contributed by atoms with Crippen LogP contribution in [0.3, 0.4) is 0 Å². The molecule has 0 aromatic heterocycles. The van der Waals surface area contributed by atoms with Gasteiger partial charge in [0, 0.05) is 23.7 Å². The minimum Gasteiger partial charge on any atom is -0.383 e. The Kier molecular flexibility index (Phi) is 5.94. The fourth-order valence-corrected chi connectivity index (χ4v) is 1.59. The number of nitrogens with one attached hydrogen (secondary N) is 1. The molecule has 0 aliphatic carbocycles. The molecule has 0 spiro atoms. The molecular weight excluding hydrogens is 282 g/mol. The van der Waals surface area contributed by atoms with Crippen molar-refractivity contribution in [2.45, 2.75) is 13.0 Å². The summed E-state index contributed by atoms with van der Waals surface area (Å²) < 4.78 is 5.96. The Hall–Kier alpha value is -1.13. The molecule has 0 fully saturated rings. The van der Waals surface area contributed by atoms with Gasteiger partial charge in [-0.2, -0.15) is 0 Å². The van der Waals surface area contributed by atoms with Crippen LogP contribution < -0.4 is 5.32 Å². The van der Waals surface area contributed by atoms with E-state index in [-0.39, 0.29) is 11.9 Å². The quantitative estimate of drug-likeness (QED) is 0.849. The van der Waals surface area contributed by atoms with Crippen molar-refractivity contribution in [3.8, 4) is 0 Å². The van der Waals surface area contributed by atoms with E-state index in [0.717, 1.165) is 10.0 Å². The van der Waals surface area contributed by atoms with E-state index in [1.807, 2.05) is 31.2 Å². The summed E-state index contributed by atoms with van der Waals surface area (Å²) in [5, 5.41) is 2.80. The molecule has 1 rings (SSSR count). The molecule has 0 saturated heterocycles. The van der Waals surface area contributed by atoms with Gasteiger partial charge in [0.2, 0.25) is 5.91 Å². The van der Waals surface area contributed by atoms with Crippen molar-refractivity contribution in [2.24, 2.45) is 0 Å². The molecule has 0 bridgehead atoms. The first kappa shape index (κ1) is 13.9. The molecule has 0 aliphatic rings. The van der Waals surface area contributed by atoms with Gasteiger partial charge in [-0.25, -0.2) is 0 Å². The van der Waals surface area contributed by atoms with Crippen LogP contribution in [0.2, 0.25) is 0 Å². The number of halogens is 1. The van der Waals surface area contributed by atoms with Crippen LogP contribution in [0.5, 0.6) is 0 Å². The molecule has 0 saturated carbocycles. The Bertz CT molecular complexity index is 387. The standard InChI is InChI=1S/C13H16BrNO2/c1-10(9-17-2)15-13(16)8-5-11-3-6-12(14)7-4-11/h3-8,10H,9H2,1-2H3,(H,15,16). The molecule has 0 heterocycles. The number of benzene rings is 1. The minimum absolute atomic E-state index is 0.0158. The molecule has 17 heavy (non-hydrogen) atoms. The van der Waals surface area contributed by atoms with E-state index in [9.17, 15) is 4.79 Å². The number of ether oxygens (including phenoxy) is 1. The van der Waals surface area contributed by atoms with Crippen molar-refractivity contribution >= 4 is 27.9 Å². The second-order valence-electron chi connectivity index (χ2n) is 3.75. The summed E-state index contributed by atoms with van der Waals surface area (Å²) in [6.45, 7) is 2.41. The highest BCUT2D eigenvalue weighted by atomic mass is 79.9. The van der Waals surface area contributed by atoms with Gasteiger partial charge in [0.05, 0.1) is 6.61 Å². The molecule has 0 aliphatic heterocycles. The maximum absolute atomic E-state index is 11.5. The summed E-state index contributed by atoms with van der Waals surface area (Å²) >= 11 is 3.36. The number of amides is 1. The van der Waals surface area contributed by atoms with E-state index in [4.69, 9.17) is 4.74 Å². The van der Waals surface area contributed by atoms with Crippen molar-refractivity contribution in [2.75, 3.05) is 13.7 Å². The van der Waals surface area contributed by atoms with Crippen molar-refractivity contribution in [1.29, 1.82) is 0 Å². The average molecular weight is 298 g/mol. The Balaban J connectivity index is 2.47. The number of carbonyl (C=O) groups is 1. The van der Waals surface area contributed by atoms with Crippen LogP contribution in [-0.4, -0.2) is 25.7 Å². The zero-order valence-corrected chi connectivity index (χ0v) is 11.5. The van der Waals surface area contributed by atoms with Crippen molar-refractivity contribution in [3.63, 3.8) is 0 Å². The molecule has 1 N–H and O–H groups in total. The predicted molar refractivity (Wildman–Crippen MR) is 72.7 cm³/mol. The van der Waals surface area contributed by atoms with E-state index in [1.165, 1.54) is 6.08 Å². The lowest BCUT2D eigenvalue weighted by molar-refractivity contribution is -0.117. The third-order valence-electron chi connectivity index (χ3n) is 2.10. The summed E-state index contributed by atoms with van der Waals surface area (Å²) in [5.74, 6) is -0.113. The Morgan fingerprint density at radius 2 is 2.12 bits per heavy atom. The molecule has 1 atom stereocenters. The average Bonchev–Trinajstić information content (AvgIpc) is 2.28. The van der Waals surface area contributed by atoms with Gasteiger partial charge in [-0.05, 0) is 30.7 Å². The molecule has 3 nitrogen and oxygen atoms in total. The molecule has 1 amide bonds. The Labute approximate surface area is 110 Å². The fourth-order valence-electron chi connectivity index (χ4n) is 1.33. The molecule has 92 valence electrons. The van der Waals surface area contributed by atoms with E-state index in [2.05, 4.69) is 21.2 Å². The summed E-state index contributed by atoms with van der Waals surface area (Å²) in [7, 11) is 1.61. The van der Waals surface area contributed by atoms with Gasteiger partial charge < -0.3 is 10.1 Å². The monoisotopic (exact) mass is 297 g/mol. The number of hydrogen-bond donors (Lipinski definition) is 1. The zero-order chi connectivity index (χ0) is 12.7. The van der Waals surface area contributed by atoms with Crippen molar-refractivity contribution in [1.82, 2.24) is 5.32 Å². The Morgan fingerprint density at radius 3 is 2.71 bits per heavy atom. The zero-order valence-electron chi connectivity index (χ0n) is 9.94. The Morgan fingerprint density at radius 1 is 1.47 bits per heavy atom. The summed E-state index contributed by atoms with van der Waals surface area (Å²) in [4.78, 5) is 11.5. The summed E-state index contributed by atoms with van der Waals surface area (Å²) in [6.07, 6.45) is 3.30. The highest BCUT2D eigenvalue weighted by Crippen LogP contribution is 2.11. The van der Waals surface area contributed by atoms with Crippen molar-refractivity contribution in [3.05, 3.63) is 40.4 Å². The second-order valence-corrected chi connectivity index (χ2v) is 4.67. The highest BCUT2D eigenvalue weighted by Gasteiger charge is 2.02. The van der Waals surface area contributed by atoms with Gasteiger partial charge in [0.1, 0.15) is 0 Å². The smallest absolute Gasteiger partial charge is 0.244 e. The van der Waals surface area contributed by atoms with E-state index in [1.54, 1.807) is 13.2 Å². The molecular formula is C13H16BrNO2. The van der Waals surface area contributed by atoms with Crippen LogP contribution in [-0.2, 0) is 9.53 Å². The van der Waals surface area contributed by atoms with Gasteiger partial charge >= 0.3 is 0 Å². The topological polar surface area (TPSA) is 38.3 Å². The minimum atomic E-state index is -0.113. The van der Waals surface area contributed by atoms with Crippen molar-refractivity contribution < 1.29 is 9.53 Å². The van der Waals surface area contributed by atoms with Crippen LogP contribution >= 0.6 is 15.9 Å². The van der Waals surface area contributed by atoms with Gasteiger partial charge in [0.25, 0.3) is 0 Å². The van der Waals surface area contributed by atoms with Crippen LogP contribution in [0.1, 0.15) is 12.5 Å². The predicted octanol–water partition coefficient (Wildman–Crippen LogP) is 2.61. The second kappa shape index (κ2) is 7.25. The number of carbonyl (C=O) groups excluding carboxylic acids is 1. The van der Waals surface area contributed by atoms with Gasteiger partial charge in [-0.3, -0.25) is 4.79 Å². The van der Waals surface area contributed by atoms with Gasteiger partial charge in [0.15, 0.2) is 0 Å². The van der Waals surface area contributed by atoms with Gasteiger partial charge in [-0.1, -0.05) is 28.1 Å². The number of hydrogen-bond acceptors (Lipinski definition) is 2. The SMILES string of the molecule is COCC(C)NC(=O)C=Cc1ccc(Br)cc1. The molecule has 4 heteroatoms. The normalized spacial score (nSPS) is 12.6. The molecule has 0 radical (unpaired) electrons. The summed E-state index contributed by atoms with van der Waals surface area (Å²) in [5.41, 5.74) is 0.989. The third kappa shape index (κ3) is 5.65. The highest BCUT2D eigenvalue weighted by molar-refractivity contribution is 9.10. The summed E-state index contributed by atoms with van der Waals surface area (Å²) in [6, 6.07) is 7.76. The van der Waals surface area contributed by atoms with Crippen LogP contribution in [0, 0.1) is 0 Å². The first-order valence-corrected chi connectivity index (χ1v) is 6.14.